The third-order valence-electron chi connectivity index (χ3n) is 5.47. The number of likely N-dealkylation sites (N-methyl/N-ethyl adjacent to an activating group) is 1. The predicted octanol–water partition coefficient (Wildman–Crippen LogP) is 3.02. The molecule has 1 heterocycles. The topological polar surface area (TPSA) is 70.2 Å². The Labute approximate surface area is 189 Å². The second kappa shape index (κ2) is 9.89. The van der Waals surface area contributed by atoms with Crippen LogP contribution >= 0.6 is 11.6 Å². The van der Waals surface area contributed by atoms with E-state index in [2.05, 4.69) is 11.8 Å². The highest BCUT2D eigenvalue weighted by Gasteiger charge is 2.32. The molecule has 1 aliphatic rings. The molecule has 1 fully saturated rings. The van der Waals surface area contributed by atoms with Crippen LogP contribution in [-0.2, 0) is 14.8 Å². The van der Waals surface area contributed by atoms with Crippen LogP contribution in [-0.4, -0.2) is 70.5 Å². The van der Waals surface area contributed by atoms with E-state index in [-0.39, 0.29) is 23.0 Å². The molecule has 0 aromatic heterocycles. The van der Waals surface area contributed by atoms with Crippen molar-refractivity contribution in [3.63, 3.8) is 0 Å². The molecule has 1 amide bonds. The molecule has 0 radical (unpaired) electrons. The van der Waals surface area contributed by atoms with Gasteiger partial charge in [0, 0.05) is 31.2 Å². The van der Waals surface area contributed by atoms with Gasteiger partial charge in [-0.3, -0.25) is 9.10 Å². The molecular formula is C22H28ClN3O4S. The smallest absolute Gasteiger partial charge is 0.264 e. The van der Waals surface area contributed by atoms with E-state index < -0.39 is 10.0 Å². The van der Waals surface area contributed by atoms with Crippen LogP contribution in [0.4, 0.5) is 5.69 Å². The van der Waals surface area contributed by atoms with Crippen molar-refractivity contribution in [1.29, 1.82) is 0 Å². The molecule has 0 N–H and O–H groups in total. The van der Waals surface area contributed by atoms with Crippen molar-refractivity contribution in [3.05, 3.63) is 53.1 Å². The first-order valence-corrected chi connectivity index (χ1v) is 12.0. The number of piperazine rings is 1. The van der Waals surface area contributed by atoms with Crippen LogP contribution < -0.4 is 9.04 Å². The lowest BCUT2D eigenvalue weighted by atomic mass is 10.2. The van der Waals surface area contributed by atoms with Crippen molar-refractivity contribution >= 4 is 33.2 Å². The average molecular weight is 466 g/mol. The monoisotopic (exact) mass is 465 g/mol. The summed E-state index contributed by atoms with van der Waals surface area (Å²) in [6.45, 7) is 7.23. The van der Waals surface area contributed by atoms with Gasteiger partial charge in [-0.15, -0.1) is 0 Å². The lowest BCUT2D eigenvalue weighted by molar-refractivity contribution is -0.131. The van der Waals surface area contributed by atoms with E-state index in [4.69, 9.17) is 16.3 Å². The number of sulfonamides is 1. The molecule has 1 aliphatic heterocycles. The quantitative estimate of drug-likeness (QED) is 0.628. The Morgan fingerprint density at radius 1 is 1.10 bits per heavy atom. The number of hydrogen-bond acceptors (Lipinski definition) is 5. The molecule has 0 spiro atoms. The van der Waals surface area contributed by atoms with Crippen molar-refractivity contribution < 1.29 is 17.9 Å². The number of anilines is 1. The van der Waals surface area contributed by atoms with Crippen LogP contribution in [0.3, 0.4) is 0 Å². The van der Waals surface area contributed by atoms with Crippen molar-refractivity contribution in [2.45, 2.75) is 18.7 Å². The summed E-state index contributed by atoms with van der Waals surface area (Å²) in [5.41, 5.74) is 1.17. The van der Waals surface area contributed by atoms with E-state index in [1.54, 1.807) is 41.3 Å². The Kier molecular flexibility index (Phi) is 7.46. The van der Waals surface area contributed by atoms with Crippen LogP contribution in [0, 0.1) is 6.92 Å². The summed E-state index contributed by atoms with van der Waals surface area (Å²) in [5.74, 6) is 0.0668. The predicted molar refractivity (Wildman–Crippen MR) is 122 cm³/mol. The maximum atomic E-state index is 13.6. The maximum Gasteiger partial charge on any atom is 0.264 e. The fourth-order valence-corrected chi connectivity index (χ4v) is 5.11. The molecule has 0 atom stereocenters. The van der Waals surface area contributed by atoms with Crippen LogP contribution in [0.5, 0.6) is 5.75 Å². The fraction of sp³-hybridized carbons (Fsp3) is 0.409. The third-order valence-corrected chi connectivity index (χ3v) is 7.48. The highest BCUT2D eigenvalue weighted by Crippen LogP contribution is 2.35. The second-order valence-electron chi connectivity index (χ2n) is 7.46. The van der Waals surface area contributed by atoms with Crippen molar-refractivity contribution in [2.24, 2.45) is 0 Å². The highest BCUT2D eigenvalue weighted by molar-refractivity contribution is 7.92. The minimum atomic E-state index is -4.03. The summed E-state index contributed by atoms with van der Waals surface area (Å²) in [7, 11) is -2.58. The Balaban J connectivity index is 1.98. The standard InChI is InChI=1S/C22H28ClN3O4S/c1-4-24-11-13-25(14-12-24)22(27)16-26(20-15-18(23)7-10-21(20)30-3)31(28,29)19-8-5-17(2)6-9-19/h5-10,15H,4,11-14,16H2,1-3H3. The Morgan fingerprint density at radius 2 is 1.74 bits per heavy atom. The van der Waals surface area contributed by atoms with Crippen molar-refractivity contribution in [3.8, 4) is 5.75 Å². The first-order chi connectivity index (χ1) is 14.8. The van der Waals surface area contributed by atoms with Gasteiger partial charge in [0.2, 0.25) is 5.91 Å². The summed E-state index contributed by atoms with van der Waals surface area (Å²) >= 11 is 6.17. The zero-order valence-electron chi connectivity index (χ0n) is 18.0. The molecule has 0 unspecified atom stereocenters. The number of benzene rings is 2. The number of carbonyl (C=O) groups excluding carboxylic acids is 1. The van der Waals surface area contributed by atoms with E-state index in [1.807, 2.05) is 6.92 Å². The van der Waals surface area contributed by atoms with Crippen LogP contribution in [0.15, 0.2) is 47.4 Å². The Morgan fingerprint density at radius 3 is 2.32 bits per heavy atom. The Bertz CT molecular complexity index is 1020. The Hall–Kier alpha value is -2.29. The largest absolute Gasteiger partial charge is 0.495 e. The zero-order valence-corrected chi connectivity index (χ0v) is 19.6. The van der Waals surface area contributed by atoms with Crippen LogP contribution in [0.2, 0.25) is 5.02 Å². The molecule has 0 saturated carbocycles. The van der Waals surface area contributed by atoms with E-state index >= 15 is 0 Å². The van der Waals surface area contributed by atoms with Gasteiger partial charge in [0.25, 0.3) is 10.0 Å². The van der Waals surface area contributed by atoms with Gasteiger partial charge in [-0.2, -0.15) is 0 Å². The summed E-state index contributed by atoms with van der Waals surface area (Å²) in [4.78, 5) is 17.2. The SMILES string of the molecule is CCN1CCN(C(=O)CN(c2cc(Cl)ccc2OC)S(=O)(=O)c2ccc(C)cc2)CC1. The first kappa shape index (κ1) is 23.4. The number of rotatable bonds is 7. The second-order valence-corrected chi connectivity index (χ2v) is 9.75. The van der Waals surface area contributed by atoms with Gasteiger partial charge >= 0.3 is 0 Å². The van der Waals surface area contributed by atoms with Gasteiger partial charge in [0.1, 0.15) is 12.3 Å². The molecule has 7 nitrogen and oxygen atoms in total. The summed E-state index contributed by atoms with van der Waals surface area (Å²) < 4.78 is 33.7. The number of ether oxygens (including phenoxy) is 1. The minimum Gasteiger partial charge on any atom is -0.495 e. The van der Waals surface area contributed by atoms with Gasteiger partial charge in [-0.1, -0.05) is 36.2 Å². The minimum absolute atomic E-state index is 0.101. The molecule has 0 aliphatic carbocycles. The average Bonchev–Trinajstić information content (AvgIpc) is 2.77. The molecule has 168 valence electrons. The van der Waals surface area contributed by atoms with Crippen molar-refractivity contribution in [1.82, 2.24) is 9.80 Å². The molecule has 1 saturated heterocycles. The number of hydrogen-bond donors (Lipinski definition) is 0. The molecule has 2 aromatic carbocycles. The van der Waals surface area contributed by atoms with E-state index in [0.29, 0.717) is 23.9 Å². The van der Waals surface area contributed by atoms with Gasteiger partial charge in [-0.25, -0.2) is 8.42 Å². The molecule has 3 rings (SSSR count). The third kappa shape index (κ3) is 5.31. The van der Waals surface area contributed by atoms with Crippen LogP contribution in [0.1, 0.15) is 12.5 Å². The van der Waals surface area contributed by atoms with Gasteiger partial charge < -0.3 is 14.5 Å². The first-order valence-electron chi connectivity index (χ1n) is 10.2. The summed E-state index contributed by atoms with van der Waals surface area (Å²) in [5, 5.41) is 0.351. The van der Waals surface area contributed by atoms with Gasteiger partial charge in [-0.05, 0) is 43.8 Å². The zero-order chi connectivity index (χ0) is 22.6. The summed E-state index contributed by atoms with van der Waals surface area (Å²) in [6.07, 6.45) is 0. The highest BCUT2D eigenvalue weighted by atomic mass is 35.5. The normalized spacial score (nSPS) is 15.0. The molecule has 2 aromatic rings. The van der Waals surface area contributed by atoms with Gasteiger partial charge in [0.15, 0.2) is 0 Å². The van der Waals surface area contributed by atoms with Crippen molar-refractivity contribution in [2.75, 3.05) is 50.7 Å². The van der Waals surface area contributed by atoms with Crippen LogP contribution in [0.25, 0.3) is 0 Å². The number of halogens is 1. The number of nitrogens with zero attached hydrogens (tertiary/aromatic N) is 3. The number of amides is 1. The fourth-order valence-electron chi connectivity index (χ4n) is 3.53. The number of aryl methyl sites for hydroxylation is 1. The number of methoxy groups -OCH3 is 1. The summed E-state index contributed by atoms with van der Waals surface area (Å²) in [6, 6.07) is 11.3. The molecule has 9 heteroatoms. The lowest BCUT2D eigenvalue weighted by Crippen LogP contribution is -2.51. The van der Waals surface area contributed by atoms with Gasteiger partial charge in [0.05, 0.1) is 17.7 Å². The molecule has 31 heavy (non-hydrogen) atoms. The van der Waals surface area contributed by atoms with E-state index in [9.17, 15) is 13.2 Å². The molecular weight excluding hydrogens is 438 g/mol. The maximum absolute atomic E-state index is 13.6. The van der Waals surface area contributed by atoms with E-state index in [1.165, 1.54) is 13.2 Å². The molecule has 0 bridgehead atoms. The van der Waals surface area contributed by atoms with E-state index in [0.717, 1.165) is 29.5 Å². The number of carbonyl (C=O) groups is 1. The lowest BCUT2D eigenvalue weighted by Gasteiger charge is -2.35.